The highest BCUT2D eigenvalue weighted by molar-refractivity contribution is 4.90. The van der Waals surface area contributed by atoms with Crippen LogP contribution in [-0.4, -0.2) is 11.7 Å². The van der Waals surface area contributed by atoms with Gasteiger partial charge in [0.25, 0.3) is 0 Å². The van der Waals surface area contributed by atoms with E-state index in [1.165, 1.54) is 32.1 Å². The minimum atomic E-state index is -0.0494. The number of hydrogen-bond acceptors (Lipinski definition) is 1. The first-order valence-electron chi connectivity index (χ1n) is 5.43. The summed E-state index contributed by atoms with van der Waals surface area (Å²) >= 11 is 0. The maximum atomic E-state index is 9.12. The van der Waals surface area contributed by atoms with Gasteiger partial charge in [0.15, 0.2) is 0 Å². The first-order valence-corrected chi connectivity index (χ1v) is 5.43. The summed E-state index contributed by atoms with van der Waals surface area (Å²) in [5.41, 5.74) is -0.0494. The van der Waals surface area contributed by atoms with Crippen molar-refractivity contribution in [2.75, 3.05) is 6.61 Å². The molecule has 0 aromatic rings. The summed E-state index contributed by atoms with van der Waals surface area (Å²) in [5, 5.41) is 9.12. The normalized spacial score (nSPS) is 15.3. The van der Waals surface area contributed by atoms with Crippen molar-refractivity contribution in [2.45, 2.75) is 52.4 Å². The molecule has 0 rings (SSSR count). The van der Waals surface area contributed by atoms with Gasteiger partial charge in [-0.15, -0.1) is 6.58 Å². The number of aliphatic hydroxyl groups excluding tert-OH is 1. The van der Waals surface area contributed by atoms with Gasteiger partial charge in [0.05, 0.1) is 6.61 Å². The highest BCUT2D eigenvalue weighted by Gasteiger charge is 2.17. The molecule has 13 heavy (non-hydrogen) atoms. The topological polar surface area (TPSA) is 20.2 Å². The minimum Gasteiger partial charge on any atom is -0.395 e. The van der Waals surface area contributed by atoms with Crippen LogP contribution < -0.4 is 0 Å². The standard InChI is InChI=1S/C12H24O/c1-4-6-7-8-9-10-12(3,5-2)11-13/h5,13H,2,4,6-11H2,1,3H3. The Labute approximate surface area is 82.9 Å². The van der Waals surface area contributed by atoms with E-state index in [4.69, 9.17) is 5.11 Å². The molecule has 0 aromatic carbocycles. The molecule has 0 bridgehead atoms. The molecule has 1 atom stereocenters. The van der Waals surface area contributed by atoms with E-state index in [1.54, 1.807) is 0 Å². The van der Waals surface area contributed by atoms with E-state index in [9.17, 15) is 0 Å². The predicted molar refractivity (Wildman–Crippen MR) is 58.8 cm³/mol. The molecule has 0 aliphatic carbocycles. The molecular formula is C12H24O. The summed E-state index contributed by atoms with van der Waals surface area (Å²) in [4.78, 5) is 0. The van der Waals surface area contributed by atoms with E-state index in [0.29, 0.717) is 0 Å². The second-order valence-corrected chi connectivity index (χ2v) is 4.18. The molecule has 0 radical (unpaired) electrons. The second-order valence-electron chi connectivity index (χ2n) is 4.18. The zero-order valence-corrected chi connectivity index (χ0v) is 9.18. The number of aliphatic hydroxyl groups is 1. The van der Waals surface area contributed by atoms with Crippen molar-refractivity contribution in [3.05, 3.63) is 12.7 Å². The van der Waals surface area contributed by atoms with Gasteiger partial charge >= 0.3 is 0 Å². The van der Waals surface area contributed by atoms with E-state index in [-0.39, 0.29) is 12.0 Å². The first kappa shape index (κ1) is 12.7. The summed E-state index contributed by atoms with van der Waals surface area (Å²) < 4.78 is 0. The Morgan fingerprint density at radius 3 is 2.31 bits per heavy atom. The van der Waals surface area contributed by atoms with E-state index < -0.39 is 0 Å². The van der Waals surface area contributed by atoms with E-state index in [0.717, 1.165) is 6.42 Å². The van der Waals surface area contributed by atoms with Crippen LogP contribution in [0.3, 0.4) is 0 Å². The van der Waals surface area contributed by atoms with Gasteiger partial charge in [-0.05, 0) is 6.42 Å². The lowest BCUT2D eigenvalue weighted by atomic mass is 9.86. The molecule has 0 saturated heterocycles. The van der Waals surface area contributed by atoms with Gasteiger partial charge in [0.2, 0.25) is 0 Å². The van der Waals surface area contributed by atoms with Crippen LogP contribution in [0.25, 0.3) is 0 Å². The number of hydrogen-bond donors (Lipinski definition) is 1. The zero-order valence-electron chi connectivity index (χ0n) is 9.18. The molecule has 1 unspecified atom stereocenters. The van der Waals surface area contributed by atoms with Crippen LogP contribution in [-0.2, 0) is 0 Å². The van der Waals surface area contributed by atoms with Gasteiger partial charge in [-0.2, -0.15) is 0 Å². The Hall–Kier alpha value is -0.300. The van der Waals surface area contributed by atoms with Crippen LogP contribution in [0.15, 0.2) is 12.7 Å². The monoisotopic (exact) mass is 184 g/mol. The highest BCUT2D eigenvalue weighted by Crippen LogP contribution is 2.25. The minimum absolute atomic E-state index is 0.0494. The highest BCUT2D eigenvalue weighted by atomic mass is 16.3. The summed E-state index contributed by atoms with van der Waals surface area (Å²) in [7, 11) is 0. The van der Waals surface area contributed by atoms with Gasteiger partial charge < -0.3 is 5.11 Å². The summed E-state index contributed by atoms with van der Waals surface area (Å²) in [6.45, 7) is 8.28. The van der Waals surface area contributed by atoms with Crippen molar-refractivity contribution in [3.63, 3.8) is 0 Å². The van der Waals surface area contributed by atoms with Crippen molar-refractivity contribution < 1.29 is 5.11 Å². The molecular weight excluding hydrogens is 160 g/mol. The summed E-state index contributed by atoms with van der Waals surface area (Å²) in [6.07, 6.45) is 9.40. The fourth-order valence-corrected chi connectivity index (χ4v) is 1.38. The van der Waals surface area contributed by atoms with Crippen LogP contribution in [0.2, 0.25) is 0 Å². The first-order chi connectivity index (χ1) is 6.18. The van der Waals surface area contributed by atoms with Crippen LogP contribution in [0.1, 0.15) is 52.4 Å². The maximum Gasteiger partial charge on any atom is 0.0519 e. The van der Waals surface area contributed by atoms with Crippen LogP contribution in [0, 0.1) is 5.41 Å². The van der Waals surface area contributed by atoms with Gasteiger partial charge in [0.1, 0.15) is 0 Å². The van der Waals surface area contributed by atoms with Gasteiger partial charge in [-0.3, -0.25) is 0 Å². The van der Waals surface area contributed by atoms with Crippen LogP contribution in [0.5, 0.6) is 0 Å². The third kappa shape index (κ3) is 5.87. The van der Waals surface area contributed by atoms with Crippen molar-refractivity contribution in [1.29, 1.82) is 0 Å². The molecule has 0 spiro atoms. The number of unbranched alkanes of at least 4 members (excludes halogenated alkanes) is 4. The summed E-state index contributed by atoms with van der Waals surface area (Å²) in [5.74, 6) is 0. The summed E-state index contributed by atoms with van der Waals surface area (Å²) in [6, 6.07) is 0. The molecule has 0 heterocycles. The third-order valence-electron chi connectivity index (χ3n) is 2.71. The molecule has 0 aromatic heterocycles. The molecule has 0 aliphatic heterocycles. The fraction of sp³-hybridized carbons (Fsp3) is 0.833. The average Bonchev–Trinajstić information content (AvgIpc) is 2.17. The lowest BCUT2D eigenvalue weighted by molar-refractivity contribution is 0.172. The smallest absolute Gasteiger partial charge is 0.0519 e. The fourth-order valence-electron chi connectivity index (χ4n) is 1.38. The lowest BCUT2D eigenvalue weighted by Gasteiger charge is -2.22. The molecule has 0 saturated carbocycles. The van der Waals surface area contributed by atoms with Crippen molar-refractivity contribution >= 4 is 0 Å². The van der Waals surface area contributed by atoms with Gasteiger partial charge in [0, 0.05) is 5.41 Å². The predicted octanol–water partition coefficient (Wildman–Crippen LogP) is 3.53. The Morgan fingerprint density at radius 1 is 1.23 bits per heavy atom. The van der Waals surface area contributed by atoms with E-state index >= 15 is 0 Å². The van der Waals surface area contributed by atoms with E-state index in [1.807, 2.05) is 6.08 Å². The number of rotatable bonds is 8. The van der Waals surface area contributed by atoms with Crippen LogP contribution in [0.4, 0.5) is 0 Å². The SMILES string of the molecule is C=CC(C)(CO)CCCCCCC. The van der Waals surface area contributed by atoms with Crippen molar-refractivity contribution in [3.8, 4) is 0 Å². The van der Waals surface area contributed by atoms with Gasteiger partial charge in [-0.1, -0.05) is 52.0 Å². The van der Waals surface area contributed by atoms with Crippen molar-refractivity contribution in [1.82, 2.24) is 0 Å². The Balaban J connectivity index is 3.44. The van der Waals surface area contributed by atoms with Crippen molar-refractivity contribution in [2.24, 2.45) is 5.41 Å². The van der Waals surface area contributed by atoms with Crippen LogP contribution >= 0.6 is 0 Å². The molecule has 0 aliphatic rings. The molecule has 1 nitrogen and oxygen atoms in total. The molecule has 1 heteroatoms. The Bertz CT molecular complexity index is 131. The molecule has 0 fully saturated rings. The van der Waals surface area contributed by atoms with Gasteiger partial charge in [-0.25, -0.2) is 0 Å². The Morgan fingerprint density at radius 2 is 1.85 bits per heavy atom. The average molecular weight is 184 g/mol. The third-order valence-corrected chi connectivity index (χ3v) is 2.71. The largest absolute Gasteiger partial charge is 0.395 e. The second kappa shape index (κ2) is 7.14. The Kier molecular flexibility index (Phi) is 6.97. The lowest BCUT2D eigenvalue weighted by Crippen LogP contribution is -2.17. The van der Waals surface area contributed by atoms with E-state index in [2.05, 4.69) is 20.4 Å². The molecule has 78 valence electrons. The zero-order chi connectivity index (χ0) is 10.2. The molecule has 0 amide bonds. The maximum absolute atomic E-state index is 9.12. The quantitative estimate of drug-likeness (QED) is 0.452. The molecule has 1 N–H and O–H groups in total.